The van der Waals surface area contributed by atoms with Crippen LogP contribution < -0.4 is 0 Å². The Morgan fingerprint density at radius 2 is 2.08 bits per heavy atom. The molecule has 25 heavy (non-hydrogen) atoms. The van der Waals surface area contributed by atoms with Crippen LogP contribution in [-0.2, 0) is 22.1 Å². The van der Waals surface area contributed by atoms with Crippen LogP contribution in [0.2, 0.25) is 0 Å². The third kappa shape index (κ3) is 3.65. The van der Waals surface area contributed by atoms with E-state index in [1.807, 2.05) is 27.9 Å². The first kappa shape index (κ1) is 19.2. The molecule has 0 N–H and O–H groups in total. The molecule has 5 heteroatoms. The molecular formula is C20H28BrNO2S. The van der Waals surface area contributed by atoms with E-state index in [2.05, 4.69) is 41.1 Å². The lowest BCUT2D eigenvalue weighted by Gasteiger charge is -2.41. The summed E-state index contributed by atoms with van der Waals surface area (Å²) in [6.07, 6.45) is 4.43. The molecule has 0 amide bonds. The summed E-state index contributed by atoms with van der Waals surface area (Å²) in [6, 6.07) is 6.44. The van der Waals surface area contributed by atoms with Gasteiger partial charge < -0.3 is 4.74 Å². The summed E-state index contributed by atoms with van der Waals surface area (Å²) in [4.78, 5) is 0. The number of fused-ring (bicyclic) bond motifs is 1. The average molecular weight is 426 g/mol. The van der Waals surface area contributed by atoms with E-state index >= 15 is 0 Å². The monoisotopic (exact) mass is 425 g/mol. The van der Waals surface area contributed by atoms with Crippen LogP contribution in [0.5, 0.6) is 0 Å². The molecule has 4 atom stereocenters. The third-order valence-corrected chi connectivity index (χ3v) is 7.50. The number of rotatable bonds is 2. The van der Waals surface area contributed by atoms with Gasteiger partial charge in [-0.05, 0) is 70.1 Å². The Hall–Kier alpha value is -0.520. The lowest BCUT2D eigenvalue weighted by atomic mass is 9.66. The van der Waals surface area contributed by atoms with E-state index in [9.17, 15) is 4.21 Å². The van der Waals surface area contributed by atoms with Crippen molar-refractivity contribution in [3.63, 3.8) is 0 Å². The van der Waals surface area contributed by atoms with Crippen LogP contribution in [0.1, 0.15) is 58.1 Å². The van der Waals surface area contributed by atoms with Crippen LogP contribution >= 0.6 is 15.9 Å². The number of ether oxygens (including phenoxy) is 1. The van der Waals surface area contributed by atoms with Crippen molar-refractivity contribution in [1.82, 2.24) is 0 Å². The average Bonchev–Trinajstić information content (AvgIpc) is 2.80. The van der Waals surface area contributed by atoms with Crippen molar-refractivity contribution in [2.75, 3.05) is 7.11 Å². The van der Waals surface area contributed by atoms with Gasteiger partial charge in [0.15, 0.2) is 0 Å². The van der Waals surface area contributed by atoms with Crippen molar-refractivity contribution in [3.05, 3.63) is 33.8 Å². The minimum Gasteiger partial charge on any atom is -0.381 e. The maximum Gasteiger partial charge on any atom is 0.145 e. The van der Waals surface area contributed by atoms with Gasteiger partial charge in [-0.1, -0.05) is 28.9 Å². The summed E-state index contributed by atoms with van der Waals surface area (Å²) in [6.45, 7) is 8.23. The van der Waals surface area contributed by atoms with Crippen LogP contribution in [0.15, 0.2) is 27.1 Å². The van der Waals surface area contributed by atoms with Crippen LogP contribution in [0.25, 0.3) is 0 Å². The van der Waals surface area contributed by atoms with Gasteiger partial charge in [0.05, 0.1) is 16.6 Å². The second kappa shape index (κ2) is 6.90. The standard InChI is InChI=1S/C20H28BrNO2S/c1-13-11-20(9-8-17(13)24-5)12-14-6-7-15(21)10-16(14)18(20)22-25(23)19(2,3)4/h6-7,10,13,17H,8-9,11-12H2,1-5H3. The normalized spacial score (nSPS) is 32.2. The van der Waals surface area contributed by atoms with Crippen LogP contribution in [-0.4, -0.2) is 27.9 Å². The fourth-order valence-electron chi connectivity index (χ4n) is 4.30. The van der Waals surface area contributed by atoms with Gasteiger partial charge in [0, 0.05) is 22.6 Å². The summed E-state index contributed by atoms with van der Waals surface area (Å²) >= 11 is 3.59. The van der Waals surface area contributed by atoms with Crippen molar-refractivity contribution in [2.24, 2.45) is 15.7 Å². The summed E-state index contributed by atoms with van der Waals surface area (Å²) in [5.74, 6) is 0.477. The first-order chi connectivity index (χ1) is 11.7. The Labute approximate surface area is 162 Å². The predicted molar refractivity (Wildman–Crippen MR) is 109 cm³/mol. The Bertz CT molecular complexity index is 725. The van der Waals surface area contributed by atoms with Crippen molar-refractivity contribution >= 4 is 32.6 Å². The lowest BCUT2D eigenvalue weighted by molar-refractivity contribution is 0.00486. The first-order valence-electron chi connectivity index (χ1n) is 8.99. The number of nitrogens with zero attached hydrogens (tertiary/aromatic N) is 1. The maximum absolute atomic E-state index is 12.8. The van der Waals surface area contributed by atoms with Crippen molar-refractivity contribution in [3.8, 4) is 0 Å². The van der Waals surface area contributed by atoms with E-state index in [4.69, 9.17) is 9.13 Å². The van der Waals surface area contributed by atoms with E-state index < -0.39 is 11.0 Å². The van der Waals surface area contributed by atoms with Crippen LogP contribution in [0.3, 0.4) is 0 Å². The molecule has 0 bridgehead atoms. The van der Waals surface area contributed by atoms with Crippen LogP contribution in [0, 0.1) is 11.3 Å². The molecule has 0 aromatic heterocycles. The summed E-state index contributed by atoms with van der Waals surface area (Å²) in [7, 11) is 0.560. The molecule has 2 aliphatic rings. The summed E-state index contributed by atoms with van der Waals surface area (Å²) in [5, 5.41) is 0. The highest BCUT2D eigenvalue weighted by Gasteiger charge is 2.48. The molecule has 3 nitrogen and oxygen atoms in total. The molecule has 3 rings (SSSR count). The quantitative estimate of drug-likeness (QED) is 0.662. The maximum atomic E-state index is 12.8. The van der Waals surface area contributed by atoms with Crippen molar-refractivity contribution in [1.29, 1.82) is 0 Å². The highest BCUT2D eigenvalue weighted by Crippen LogP contribution is 2.50. The van der Waals surface area contributed by atoms with Gasteiger partial charge in [-0.2, -0.15) is 4.40 Å². The lowest BCUT2D eigenvalue weighted by Crippen LogP contribution is -2.41. The predicted octanol–water partition coefficient (Wildman–Crippen LogP) is 5.08. The summed E-state index contributed by atoms with van der Waals surface area (Å²) in [5.41, 5.74) is 3.56. The Balaban J connectivity index is 2.07. The van der Waals surface area contributed by atoms with Crippen LogP contribution in [0.4, 0.5) is 0 Å². The number of benzene rings is 1. The SMILES string of the molecule is COC1CCC2(Cc3ccc(Br)cc3C2=NS(=O)C(C)(C)C)CC1C. The molecule has 138 valence electrons. The fourth-order valence-corrected chi connectivity index (χ4v) is 5.39. The Morgan fingerprint density at radius 3 is 2.68 bits per heavy atom. The molecule has 0 heterocycles. The highest BCUT2D eigenvalue weighted by atomic mass is 79.9. The largest absolute Gasteiger partial charge is 0.381 e. The molecular weight excluding hydrogens is 398 g/mol. The summed E-state index contributed by atoms with van der Waals surface area (Å²) < 4.78 is 24.0. The Morgan fingerprint density at radius 1 is 1.36 bits per heavy atom. The van der Waals surface area contributed by atoms with E-state index in [1.54, 1.807) is 0 Å². The molecule has 1 spiro atoms. The van der Waals surface area contributed by atoms with E-state index in [1.165, 1.54) is 11.1 Å². The molecule has 0 saturated heterocycles. The minimum absolute atomic E-state index is 0.00150. The zero-order valence-corrected chi connectivity index (χ0v) is 18.2. The fraction of sp³-hybridized carbons (Fsp3) is 0.650. The molecule has 0 aliphatic heterocycles. The topological polar surface area (TPSA) is 38.7 Å². The van der Waals surface area contributed by atoms with Crippen molar-refractivity contribution in [2.45, 2.75) is 64.2 Å². The molecule has 0 radical (unpaired) electrons. The van der Waals surface area contributed by atoms with Gasteiger partial charge >= 0.3 is 0 Å². The molecule has 1 aromatic rings. The van der Waals surface area contributed by atoms with E-state index in [0.29, 0.717) is 12.0 Å². The number of methoxy groups -OCH3 is 1. The van der Waals surface area contributed by atoms with Gasteiger partial charge in [-0.25, -0.2) is 4.21 Å². The van der Waals surface area contributed by atoms with E-state index in [-0.39, 0.29) is 10.2 Å². The van der Waals surface area contributed by atoms with Gasteiger partial charge in [0.25, 0.3) is 0 Å². The molecule has 1 aromatic carbocycles. The van der Waals surface area contributed by atoms with Gasteiger partial charge in [0.2, 0.25) is 0 Å². The Kier molecular flexibility index (Phi) is 5.31. The first-order valence-corrected chi connectivity index (χ1v) is 10.9. The van der Waals surface area contributed by atoms with Crippen molar-refractivity contribution < 1.29 is 8.95 Å². The zero-order chi connectivity index (χ0) is 18.4. The molecule has 4 unspecified atom stereocenters. The van der Waals surface area contributed by atoms with Gasteiger partial charge in [-0.3, -0.25) is 0 Å². The van der Waals surface area contributed by atoms with E-state index in [0.717, 1.165) is 35.9 Å². The number of hydrogen-bond donors (Lipinski definition) is 0. The molecule has 1 saturated carbocycles. The minimum atomic E-state index is -1.25. The molecule has 2 aliphatic carbocycles. The van der Waals surface area contributed by atoms with Gasteiger partial charge in [0.1, 0.15) is 11.0 Å². The molecule has 1 fully saturated rings. The zero-order valence-electron chi connectivity index (χ0n) is 15.8. The second-order valence-corrected chi connectivity index (χ2v) is 11.4. The smallest absolute Gasteiger partial charge is 0.145 e. The number of hydrogen-bond acceptors (Lipinski definition) is 2. The highest BCUT2D eigenvalue weighted by molar-refractivity contribution is 9.10. The second-order valence-electron chi connectivity index (χ2n) is 8.55. The number of halogens is 1. The third-order valence-electron chi connectivity index (χ3n) is 5.61. The van der Waals surface area contributed by atoms with Gasteiger partial charge in [-0.15, -0.1) is 0 Å².